The summed E-state index contributed by atoms with van der Waals surface area (Å²) in [5.41, 5.74) is 4.06. The molecule has 8 heteroatoms. The lowest BCUT2D eigenvalue weighted by Gasteiger charge is -2.28. The molecular weight excluding hydrogens is 430 g/mol. The van der Waals surface area contributed by atoms with E-state index in [0.717, 1.165) is 24.3 Å². The van der Waals surface area contributed by atoms with Crippen LogP contribution in [-0.4, -0.2) is 52.2 Å². The fraction of sp³-hybridized carbons (Fsp3) is 0.269. The van der Waals surface area contributed by atoms with Crippen molar-refractivity contribution in [3.8, 4) is 6.07 Å². The number of fused-ring (bicyclic) bond motifs is 3. The molecule has 34 heavy (non-hydrogen) atoms. The number of para-hydroxylation sites is 2. The van der Waals surface area contributed by atoms with Crippen LogP contribution in [0, 0.1) is 18.3 Å². The van der Waals surface area contributed by atoms with Gasteiger partial charge in [0.15, 0.2) is 5.65 Å². The number of hydrogen-bond donors (Lipinski definition) is 2. The van der Waals surface area contributed by atoms with Crippen LogP contribution in [0.1, 0.15) is 22.8 Å². The molecule has 0 unspecified atom stereocenters. The van der Waals surface area contributed by atoms with Crippen LogP contribution in [0.5, 0.6) is 0 Å². The molecule has 0 amide bonds. The van der Waals surface area contributed by atoms with Gasteiger partial charge in [-0.25, -0.2) is 4.98 Å². The number of pyridine rings is 1. The number of aromatic nitrogens is 2. The number of rotatable bonds is 5. The van der Waals surface area contributed by atoms with Crippen LogP contribution in [0.4, 0.5) is 5.69 Å². The van der Waals surface area contributed by atoms with Gasteiger partial charge in [-0.3, -0.25) is 14.1 Å². The number of ether oxygens (including phenoxy) is 1. The van der Waals surface area contributed by atoms with E-state index >= 15 is 0 Å². The minimum atomic E-state index is -0.582. The standard InChI is InChI=1S/C26H25N5O3/c1-17-20(14-27)25-29-22-4-2-3-5-23(22)31(25)26(33)21(17)15-28-19-8-6-18(7-9-19)24(32)16-30-10-12-34-13-11-30/h2-9,15,24,28,32H,10-13,16H2,1H3/t24-/m1/s1. The van der Waals surface area contributed by atoms with Gasteiger partial charge in [-0.1, -0.05) is 24.3 Å². The second-order valence-corrected chi connectivity index (χ2v) is 8.43. The van der Waals surface area contributed by atoms with Gasteiger partial charge < -0.3 is 15.2 Å². The molecule has 3 heterocycles. The minimum Gasteiger partial charge on any atom is -0.387 e. The summed E-state index contributed by atoms with van der Waals surface area (Å²) >= 11 is 0. The van der Waals surface area contributed by atoms with E-state index in [1.54, 1.807) is 13.1 Å². The topological polar surface area (TPSA) is 103 Å². The van der Waals surface area contributed by atoms with Crippen LogP contribution in [0.3, 0.4) is 0 Å². The highest BCUT2D eigenvalue weighted by Crippen LogP contribution is 2.19. The Labute approximate surface area is 196 Å². The van der Waals surface area contributed by atoms with Crippen molar-refractivity contribution in [2.75, 3.05) is 38.2 Å². The number of anilines is 1. The number of nitriles is 1. The Bertz CT molecular complexity index is 1500. The Morgan fingerprint density at radius 2 is 1.94 bits per heavy atom. The molecule has 8 nitrogen and oxygen atoms in total. The molecule has 0 aliphatic carbocycles. The molecule has 1 aliphatic rings. The van der Waals surface area contributed by atoms with Crippen molar-refractivity contribution >= 4 is 28.6 Å². The Balaban J connectivity index is 1.44. The molecule has 1 fully saturated rings. The van der Waals surface area contributed by atoms with Crippen molar-refractivity contribution in [2.45, 2.75) is 13.0 Å². The van der Waals surface area contributed by atoms with Gasteiger partial charge in [0.05, 0.1) is 41.1 Å². The monoisotopic (exact) mass is 455 g/mol. The molecule has 0 spiro atoms. The third-order valence-electron chi connectivity index (χ3n) is 6.32. The van der Waals surface area contributed by atoms with Crippen molar-refractivity contribution in [3.63, 3.8) is 0 Å². The van der Waals surface area contributed by atoms with Crippen LogP contribution in [0.2, 0.25) is 0 Å². The van der Waals surface area contributed by atoms with Gasteiger partial charge in [-0.2, -0.15) is 5.26 Å². The average molecular weight is 456 g/mol. The molecular formula is C26H25N5O3. The zero-order valence-corrected chi connectivity index (χ0v) is 18.9. The fourth-order valence-electron chi connectivity index (χ4n) is 4.38. The summed E-state index contributed by atoms with van der Waals surface area (Å²) in [6, 6.07) is 17.0. The van der Waals surface area contributed by atoms with Gasteiger partial charge in [0.2, 0.25) is 0 Å². The van der Waals surface area contributed by atoms with Gasteiger partial charge in [-0.05, 0) is 42.3 Å². The second-order valence-electron chi connectivity index (χ2n) is 8.43. The predicted octanol–water partition coefficient (Wildman–Crippen LogP) is 1.96. The lowest BCUT2D eigenvalue weighted by Crippen LogP contribution is -2.38. The van der Waals surface area contributed by atoms with E-state index in [4.69, 9.17) is 4.74 Å². The summed E-state index contributed by atoms with van der Waals surface area (Å²) in [6.07, 6.45) is 1.05. The third kappa shape index (κ3) is 4.01. The highest BCUT2D eigenvalue weighted by atomic mass is 16.5. The molecule has 2 aromatic heterocycles. The number of aliphatic hydroxyl groups excluding tert-OH is 1. The van der Waals surface area contributed by atoms with Gasteiger partial charge >= 0.3 is 0 Å². The first kappa shape index (κ1) is 22.0. The molecule has 1 atom stereocenters. The first-order valence-electron chi connectivity index (χ1n) is 11.3. The van der Waals surface area contributed by atoms with Crippen LogP contribution < -0.4 is 16.1 Å². The smallest absolute Gasteiger partial charge is 0.265 e. The molecule has 0 saturated carbocycles. The maximum atomic E-state index is 13.3. The number of morpholine rings is 1. The quantitative estimate of drug-likeness (QED) is 0.474. The molecule has 1 saturated heterocycles. The number of imidazole rings is 1. The van der Waals surface area contributed by atoms with E-state index in [9.17, 15) is 15.2 Å². The Kier molecular flexibility index (Phi) is 5.99. The first-order valence-corrected chi connectivity index (χ1v) is 11.3. The molecule has 2 N–H and O–H groups in total. The van der Waals surface area contributed by atoms with Crippen LogP contribution in [0.25, 0.3) is 22.9 Å². The fourth-order valence-corrected chi connectivity index (χ4v) is 4.38. The van der Waals surface area contributed by atoms with Crippen LogP contribution in [-0.2, 0) is 4.74 Å². The van der Waals surface area contributed by atoms with Crippen molar-refractivity contribution in [1.29, 1.82) is 5.26 Å². The highest BCUT2D eigenvalue weighted by Gasteiger charge is 2.17. The molecule has 172 valence electrons. The van der Waals surface area contributed by atoms with Crippen LogP contribution in [0.15, 0.2) is 53.3 Å². The van der Waals surface area contributed by atoms with E-state index in [1.165, 1.54) is 4.40 Å². The van der Waals surface area contributed by atoms with E-state index in [0.29, 0.717) is 52.8 Å². The van der Waals surface area contributed by atoms with E-state index in [1.807, 2.05) is 48.5 Å². The maximum absolute atomic E-state index is 13.3. The summed E-state index contributed by atoms with van der Waals surface area (Å²) in [5, 5.41) is 23.9. The number of aliphatic hydroxyl groups is 1. The number of nitrogens with one attached hydrogen (secondary N) is 1. The van der Waals surface area contributed by atoms with Gasteiger partial charge in [0, 0.05) is 31.5 Å². The Morgan fingerprint density at radius 3 is 2.68 bits per heavy atom. The lowest BCUT2D eigenvalue weighted by atomic mass is 10.1. The summed E-state index contributed by atoms with van der Waals surface area (Å²) in [6.45, 7) is 5.36. The number of benzene rings is 2. The van der Waals surface area contributed by atoms with Crippen molar-refractivity contribution in [1.82, 2.24) is 14.3 Å². The summed E-state index contributed by atoms with van der Waals surface area (Å²) in [5.74, 6) is 0. The summed E-state index contributed by atoms with van der Waals surface area (Å²) in [7, 11) is 0. The zero-order valence-electron chi connectivity index (χ0n) is 18.9. The van der Waals surface area contributed by atoms with E-state index in [2.05, 4.69) is 21.3 Å². The van der Waals surface area contributed by atoms with E-state index in [-0.39, 0.29) is 5.56 Å². The third-order valence-corrected chi connectivity index (χ3v) is 6.32. The predicted molar refractivity (Wildman–Crippen MR) is 130 cm³/mol. The molecule has 2 aromatic carbocycles. The lowest BCUT2D eigenvalue weighted by molar-refractivity contribution is 0.0143. The Morgan fingerprint density at radius 1 is 1.21 bits per heavy atom. The first-order chi connectivity index (χ1) is 16.6. The van der Waals surface area contributed by atoms with Crippen molar-refractivity contribution in [2.24, 2.45) is 0 Å². The number of β-amino-alcohol motifs (C(OH)–C–C–N with tert-alkyl or cyclic N) is 1. The molecule has 1 aliphatic heterocycles. The van der Waals surface area contributed by atoms with Gasteiger partial charge in [-0.15, -0.1) is 0 Å². The largest absolute Gasteiger partial charge is 0.387 e. The van der Waals surface area contributed by atoms with Crippen molar-refractivity contribution in [3.05, 3.63) is 80.8 Å². The summed E-state index contributed by atoms with van der Waals surface area (Å²) in [4.78, 5) is 20.0. The normalized spacial score (nSPS) is 16.1. The van der Waals surface area contributed by atoms with Gasteiger partial charge in [0.1, 0.15) is 6.07 Å². The number of nitrogens with zero attached hydrogens (tertiary/aromatic N) is 4. The molecule has 0 bridgehead atoms. The maximum Gasteiger partial charge on any atom is 0.265 e. The second kappa shape index (κ2) is 9.23. The Hall–Kier alpha value is -3.77. The highest BCUT2D eigenvalue weighted by molar-refractivity contribution is 5.82. The van der Waals surface area contributed by atoms with E-state index < -0.39 is 6.10 Å². The average Bonchev–Trinajstić information content (AvgIpc) is 3.24. The molecule has 4 aromatic rings. The number of hydrogen-bond acceptors (Lipinski definition) is 7. The minimum absolute atomic E-state index is 0.231. The van der Waals surface area contributed by atoms with Gasteiger partial charge in [0.25, 0.3) is 5.56 Å². The van der Waals surface area contributed by atoms with Crippen LogP contribution >= 0.6 is 0 Å². The molecule has 0 radical (unpaired) electrons. The SMILES string of the molecule is Cc1c(C#N)c2nc3ccccc3n2c(=O)c1=CNc1ccc([C@H](O)CN2CCOCC2)cc1. The van der Waals surface area contributed by atoms with Crippen molar-refractivity contribution < 1.29 is 9.84 Å². The molecule has 5 rings (SSSR count). The zero-order chi connectivity index (χ0) is 23.7. The summed E-state index contributed by atoms with van der Waals surface area (Å²) < 4.78 is 6.86.